The molecule has 2 aromatic carbocycles. The van der Waals surface area contributed by atoms with Crippen LogP contribution in [-0.4, -0.2) is 35.1 Å². The first-order chi connectivity index (χ1) is 14.2. The largest absolute Gasteiger partial charge is 0.367 e. The summed E-state index contributed by atoms with van der Waals surface area (Å²) in [7, 11) is 0. The molecule has 3 atom stereocenters. The van der Waals surface area contributed by atoms with Crippen molar-refractivity contribution in [3.63, 3.8) is 0 Å². The monoisotopic (exact) mass is 430 g/mol. The minimum absolute atomic E-state index is 0.0775. The van der Waals surface area contributed by atoms with E-state index >= 15 is 0 Å². The molecule has 0 N–H and O–H groups in total. The molecule has 29 heavy (non-hydrogen) atoms. The zero-order valence-electron chi connectivity index (χ0n) is 16.1. The first kappa shape index (κ1) is 20.3. The molecule has 2 aliphatic rings. The standard InChI is InChI=1S/C23H24Cl2N2O2/c1-2-13-28-22(17-7-9-19(24)10-8-17)23(25)27-12-11-26(16-27)14-21-20-6-4-3-5-18(20)15-29-21/h2-12,21-23H,1,13-16H2. The van der Waals surface area contributed by atoms with Crippen molar-refractivity contribution in [2.45, 2.75) is 24.3 Å². The molecular formula is C23H24Cl2N2O2. The van der Waals surface area contributed by atoms with Gasteiger partial charge in [0, 0.05) is 24.0 Å². The Morgan fingerprint density at radius 3 is 2.76 bits per heavy atom. The van der Waals surface area contributed by atoms with Crippen LogP contribution >= 0.6 is 23.2 Å². The molecule has 0 aliphatic carbocycles. The van der Waals surface area contributed by atoms with Crippen LogP contribution in [0.1, 0.15) is 28.9 Å². The molecule has 0 radical (unpaired) electrons. The highest BCUT2D eigenvalue weighted by Gasteiger charge is 2.31. The van der Waals surface area contributed by atoms with Gasteiger partial charge >= 0.3 is 0 Å². The number of alkyl halides is 1. The van der Waals surface area contributed by atoms with Crippen molar-refractivity contribution in [1.29, 1.82) is 0 Å². The molecule has 4 nitrogen and oxygen atoms in total. The van der Waals surface area contributed by atoms with E-state index in [-0.39, 0.29) is 17.7 Å². The van der Waals surface area contributed by atoms with E-state index in [1.807, 2.05) is 30.5 Å². The smallest absolute Gasteiger partial charge is 0.135 e. The van der Waals surface area contributed by atoms with E-state index in [4.69, 9.17) is 32.7 Å². The number of benzene rings is 2. The molecule has 0 saturated heterocycles. The van der Waals surface area contributed by atoms with Crippen molar-refractivity contribution in [2.24, 2.45) is 0 Å². The minimum atomic E-state index is -0.367. The minimum Gasteiger partial charge on any atom is -0.367 e. The number of ether oxygens (including phenoxy) is 2. The van der Waals surface area contributed by atoms with E-state index < -0.39 is 0 Å². The van der Waals surface area contributed by atoms with E-state index in [9.17, 15) is 0 Å². The third-order valence-corrected chi connectivity index (χ3v) is 5.95. The van der Waals surface area contributed by atoms with Gasteiger partial charge in [0.25, 0.3) is 0 Å². The highest BCUT2D eigenvalue weighted by atomic mass is 35.5. The highest BCUT2D eigenvalue weighted by Crippen LogP contribution is 2.34. The Labute approximate surface area is 181 Å². The second kappa shape index (κ2) is 9.23. The normalized spacial score (nSPS) is 20.0. The fraction of sp³-hybridized carbons (Fsp3) is 0.304. The third-order valence-electron chi connectivity index (χ3n) is 5.22. The molecule has 3 unspecified atom stereocenters. The molecule has 0 bridgehead atoms. The molecule has 0 amide bonds. The Kier molecular flexibility index (Phi) is 6.46. The first-order valence-corrected chi connectivity index (χ1v) is 10.5. The van der Waals surface area contributed by atoms with Crippen molar-refractivity contribution in [3.05, 3.63) is 95.3 Å². The van der Waals surface area contributed by atoms with Gasteiger partial charge in [0.2, 0.25) is 0 Å². The fourth-order valence-corrected chi connectivity index (χ4v) is 4.19. The number of hydrogen-bond acceptors (Lipinski definition) is 4. The summed E-state index contributed by atoms with van der Waals surface area (Å²) in [6.45, 7) is 6.30. The average molecular weight is 431 g/mol. The van der Waals surface area contributed by atoms with Crippen LogP contribution < -0.4 is 0 Å². The van der Waals surface area contributed by atoms with Gasteiger partial charge in [-0.2, -0.15) is 0 Å². The predicted molar refractivity (Wildman–Crippen MR) is 117 cm³/mol. The van der Waals surface area contributed by atoms with Crippen molar-refractivity contribution < 1.29 is 9.47 Å². The summed E-state index contributed by atoms with van der Waals surface area (Å²) >= 11 is 12.9. The fourth-order valence-electron chi connectivity index (χ4n) is 3.72. The van der Waals surface area contributed by atoms with Crippen molar-refractivity contribution in [1.82, 2.24) is 9.80 Å². The van der Waals surface area contributed by atoms with Crippen LogP contribution in [0.4, 0.5) is 0 Å². The Morgan fingerprint density at radius 2 is 1.97 bits per heavy atom. The van der Waals surface area contributed by atoms with Crippen molar-refractivity contribution in [3.8, 4) is 0 Å². The van der Waals surface area contributed by atoms with Gasteiger partial charge in [-0.3, -0.25) is 0 Å². The molecule has 0 saturated carbocycles. The summed E-state index contributed by atoms with van der Waals surface area (Å²) in [4.78, 5) is 4.29. The highest BCUT2D eigenvalue weighted by molar-refractivity contribution is 6.30. The summed E-state index contributed by atoms with van der Waals surface area (Å²) in [6.07, 6.45) is 5.58. The van der Waals surface area contributed by atoms with Crippen LogP contribution in [0, 0.1) is 0 Å². The van der Waals surface area contributed by atoms with Crippen LogP contribution in [-0.2, 0) is 16.1 Å². The lowest BCUT2D eigenvalue weighted by Gasteiger charge is -2.32. The lowest BCUT2D eigenvalue weighted by molar-refractivity contribution is 0.0220. The van der Waals surface area contributed by atoms with E-state index in [1.165, 1.54) is 11.1 Å². The maximum Gasteiger partial charge on any atom is 0.135 e. The van der Waals surface area contributed by atoms with Crippen LogP contribution in [0.3, 0.4) is 0 Å². The van der Waals surface area contributed by atoms with Gasteiger partial charge in [-0.1, -0.05) is 65.7 Å². The van der Waals surface area contributed by atoms with Crippen LogP contribution in [0.15, 0.2) is 73.6 Å². The molecule has 0 fully saturated rings. The lowest BCUT2D eigenvalue weighted by atomic mass is 10.1. The number of rotatable bonds is 8. The molecule has 2 heterocycles. The molecule has 6 heteroatoms. The maximum atomic E-state index is 6.85. The Bertz CT molecular complexity index is 871. The van der Waals surface area contributed by atoms with Crippen LogP contribution in [0.25, 0.3) is 0 Å². The van der Waals surface area contributed by atoms with E-state index in [1.54, 1.807) is 6.08 Å². The number of hydrogen-bond donors (Lipinski definition) is 0. The number of fused-ring (bicyclic) bond motifs is 1. The molecule has 2 aromatic rings. The van der Waals surface area contributed by atoms with Crippen LogP contribution in [0.5, 0.6) is 0 Å². The summed E-state index contributed by atoms with van der Waals surface area (Å²) in [6, 6.07) is 16.0. The van der Waals surface area contributed by atoms with Gasteiger partial charge in [-0.05, 0) is 28.8 Å². The first-order valence-electron chi connectivity index (χ1n) is 9.65. The molecule has 2 aliphatic heterocycles. The Hall–Kier alpha value is -1.98. The van der Waals surface area contributed by atoms with Gasteiger partial charge in [0.05, 0.1) is 19.9 Å². The van der Waals surface area contributed by atoms with Gasteiger partial charge in [-0.25, -0.2) is 0 Å². The molecule has 0 aromatic heterocycles. The second-order valence-electron chi connectivity index (χ2n) is 7.19. The summed E-state index contributed by atoms with van der Waals surface area (Å²) in [5.41, 5.74) is 3.16. The van der Waals surface area contributed by atoms with Gasteiger partial charge in [-0.15, -0.1) is 6.58 Å². The summed E-state index contributed by atoms with van der Waals surface area (Å²) in [5, 5.41) is 0.687. The van der Waals surface area contributed by atoms with E-state index in [0.29, 0.717) is 24.9 Å². The van der Waals surface area contributed by atoms with Crippen LogP contribution in [0.2, 0.25) is 5.02 Å². The topological polar surface area (TPSA) is 24.9 Å². The van der Waals surface area contributed by atoms with Gasteiger partial charge in [0.1, 0.15) is 17.7 Å². The summed E-state index contributed by atoms with van der Waals surface area (Å²) in [5.74, 6) is 0. The average Bonchev–Trinajstić information content (AvgIpc) is 3.37. The Balaban J connectivity index is 1.41. The SMILES string of the molecule is C=CCOC(c1ccc(Cl)cc1)C(Cl)N1C=CN(CC2OCc3ccccc32)C1. The zero-order valence-corrected chi connectivity index (χ0v) is 17.6. The predicted octanol–water partition coefficient (Wildman–Crippen LogP) is 5.47. The molecular weight excluding hydrogens is 407 g/mol. The van der Waals surface area contributed by atoms with Crippen molar-refractivity contribution in [2.75, 3.05) is 19.8 Å². The number of nitrogens with zero attached hydrogens (tertiary/aromatic N) is 2. The number of halogens is 2. The van der Waals surface area contributed by atoms with Gasteiger partial charge in [0.15, 0.2) is 0 Å². The van der Waals surface area contributed by atoms with E-state index in [0.717, 1.165) is 12.1 Å². The van der Waals surface area contributed by atoms with Crippen molar-refractivity contribution >= 4 is 23.2 Å². The summed E-state index contributed by atoms with van der Waals surface area (Å²) < 4.78 is 12.0. The molecule has 4 rings (SSSR count). The Morgan fingerprint density at radius 1 is 1.17 bits per heavy atom. The lowest BCUT2D eigenvalue weighted by Crippen LogP contribution is -2.36. The second-order valence-corrected chi connectivity index (χ2v) is 8.07. The maximum absolute atomic E-state index is 6.85. The molecule has 152 valence electrons. The van der Waals surface area contributed by atoms with Gasteiger partial charge < -0.3 is 19.3 Å². The quantitative estimate of drug-likeness (QED) is 0.315. The van der Waals surface area contributed by atoms with E-state index in [2.05, 4.69) is 46.8 Å². The zero-order chi connectivity index (χ0) is 20.2. The third kappa shape index (κ3) is 4.62. The molecule has 0 spiro atoms.